The zero-order valence-corrected chi connectivity index (χ0v) is 20.8. The van der Waals surface area contributed by atoms with E-state index in [1.165, 1.54) is 0 Å². The predicted octanol–water partition coefficient (Wildman–Crippen LogP) is 6.35. The first-order valence-electron chi connectivity index (χ1n) is 8.77. The van der Waals surface area contributed by atoms with Gasteiger partial charge in [-0.25, -0.2) is 4.98 Å². The SMILES string of the molecule is O=C(NC(=S)Nc1ccc2oc(-c3ccc(O)c(Br)c3)nc2c1)c1cc(I)ccc1Cl. The van der Waals surface area contributed by atoms with Gasteiger partial charge in [0.05, 0.1) is 15.1 Å². The quantitative estimate of drug-likeness (QED) is 0.181. The number of anilines is 1. The molecule has 3 aromatic carbocycles. The van der Waals surface area contributed by atoms with Crippen LogP contribution in [0.15, 0.2) is 63.5 Å². The van der Waals surface area contributed by atoms with Crippen molar-refractivity contribution in [1.82, 2.24) is 10.3 Å². The Morgan fingerprint density at radius 1 is 1.16 bits per heavy atom. The van der Waals surface area contributed by atoms with Crippen molar-refractivity contribution >= 4 is 90.1 Å². The number of benzene rings is 3. The molecule has 0 bridgehead atoms. The number of rotatable bonds is 3. The van der Waals surface area contributed by atoms with Crippen molar-refractivity contribution in [1.29, 1.82) is 0 Å². The molecule has 1 aromatic heterocycles. The van der Waals surface area contributed by atoms with Gasteiger partial charge >= 0.3 is 0 Å². The van der Waals surface area contributed by atoms with Crippen molar-refractivity contribution < 1.29 is 14.3 Å². The average Bonchev–Trinajstić information content (AvgIpc) is 3.15. The van der Waals surface area contributed by atoms with E-state index in [1.54, 1.807) is 48.5 Å². The van der Waals surface area contributed by atoms with E-state index in [-0.39, 0.29) is 10.9 Å². The first-order chi connectivity index (χ1) is 14.8. The summed E-state index contributed by atoms with van der Waals surface area (Å²) in [5.74, 6) is 0.147. The summed E-state index contributed by atoms with van der Waals surface area (Å²) in [5.41, 5.74) is 2.89. The molecule has 0 fully saturated rings. The second-order valence-electron chi connectivity index (χ2n) is 6.40. The van der Waals surface area contributed by atoms with Crippen molar-refractivity contribution in [3.63, 3.8) is 0 Å². The number of hydrogen-bond donors (Lipinski definition) is 3. The van der Waals surface area contributed by atoms with Crippen molar-refractivity contribution in [3.8, 4) is 17.2 Å². The van der Waals surface area contributed by atoms with Crippen LogP contribution in [0.4, 0.5) is 5.69 Å². The molecular weight excluding hydrogens is 617 g/mol. The highest BCUT2D eigenvalue weighted by Crippen LogP contribution is 2.31. The highest BCUT2D eigenvalue weighted by Gasteiger charge is 2.14. The fourth-order valence-electron chi connectivity index (χ4n) is 2.77. The molecule has 10 heteroatoms. The van der Waals surface area contributed by atoms with Gasteiger partial charge in [-0.3, -0.25) is 10.1 Å². The van der Waals surface area contributed by atoms with Crippen LogP contribution in [0.25, 0.3) is 22.6 Å². The second-order valence-corrected chi connectivity index (χ2v) is 9.32. The minimum absolute atomic E-state index is 0.130. The molecule has 4 rings (SSSR count). The van der Waals surface area contributed by atoms with E-state index in [0.29, 0.717) is 43.3 Å². The number of carbonyl (C=O) groups is 1. The van der Waals surface area contributed by atoms with Crippen LogP contribution in [0, 0.1) is 3.57 Å². The summed E-state index contributed by atoms with van der Waals surface area (Å²) in [5, 5.41) is 15.7. The lowest BCUT2D eigenvalue weighted by Crippen LogP contribution is -2.34. The lowest BCUT2D eigenvalue weighted by atomic mass is 10.2. The summed E-state index contributed by atoms with van der Waals surface area (Å²) in [6.45, 7) is 0. The number of fused-ring (bicyclic) bond motifs is 1. The number of nitrogens with one attached hydrogen (secondary N) is 2. The molecule has 3 N–H and O–H groups in total. The van der Waals surface area contributed by atoms with Crippen molar-refractivity contribution in [2.75, 3.05) is 5.32 Å². The first-order valence-corrected chi connectivity index (χ1v) is 11.4. The minimum Gasteiger partial charge on any atom is -0.507 e. The fraction of sp³-hybridized carbons (Fsp3) is 0. The molecule has 0 atom stereocenters. The summed E-state index contributed by atoms with van der Waals surface area (Å²) < 4.78 is 7.23. The van der Waals surface area contributed by atoms with Crippen molar-refractivity contribution in [2.24, 2.45) is 0 Å². The number of aromatic hydroxyl groups is 1. The Labute approximate surface area is 209 Å². The van der Waals surface area contributed by atoms with Crippen molar-refractivity contribution in [3.05, 3.63) is 73.2 Å². The number of oxazole rings is 1. The molecule has 0 spiro atoms. The van der Waals surface area contributed by atoms with Crippen LogP contribution >= 0.6 is 62.3 Å². The molecule has 0 aliphatic rings. The van der Waals surface area contributed by atoms with Crippen LogP contribution in [-0.4, -0.2) is 21.1 Å². The molecule has 0 saturated heterocycles. The number of phenolic OH excluding ortho intramolecular Hbond substituents is 1. The van der Waals surface area contributed by atoms with Gasteiger partial charge in [0.2, 0.25) is 5.89 Å². The maximum Gasteiger partial charge on any atom is 0.258 e. The molecule has 31 heavy (non-hydrogen) atoms. The Morgan fingerprint density at radius 3 is 2.74 bits per heavy atom. The molecule has 0 aliphatic carbocycles. The third-order valence-electron chi connectivity index (χ3n) is 4.24. The third-order valence-corrected chi connectivity index (χ3v) is 6.08. The Hall–Kier alpha value is -2.21. The number of aromatic nitrogens is 1. The molecule has 1 heterocycles. The van der Waals surface area contributed by atoms with E-state index in [9.17, 15) is 9.90 Å². The minimum atomic E-state index is -0.399. The molecule has 0 unspecified atom stereocenters. The van der Waals surface area contributed by atoms with Crippen LogP contribution in [0.3, 0.4) is 0 Å². The van der Waals surface area contributed by atoms with E-state index in [2.05, 4.69) is 54.1 Å². The van der Waals surface area contributed by atoms with Crippen LogP contribution in [0.1, 0.15) is 10.4 Å². The Morgan fingerprint density at radius 2 is 1.97 bits per heavy atom. The van der Waals surface area contributed by atoms with E-state index in [0.717, 1.165) is 3.57 Å². The number of hydrogen-bond acceptors (Lipinski definition) is 5. The molecule has 156 valence electrons. The Bertz CT molecular complexity index is 1340. The molecule has 0 radical (unpaired) electrons. The van der Waals surface area contributed by atoms with Crippen molar-refractivity contribution in [2.45, 2.75) is 0 Å². The molecule has 0 aliphatic heterocycles. The maximum absolute atomic E-state index is 12.5. The third kappa shape index (κ3) is 5.00. The second kappa shape index (κ2) is 9.11. The molecule has 6 nitrogen and oxygen atoms in total. The van der Waals surface area contributed by atoms with Gasteiger partial charge in [-0.1, -0.05) is 11.6 Å². The number of amides is 1. The van der Waals surface area contributed by atoms with Gasteiger partial charge in [-0.2, -0.15) is 0 Å². The molecular formula is C21H12BrClIN3O3S. The monoisotopic (exact) mass is 627 g/mol. The zero-order chi connectivity index (χ0) is 22.1. The first kappa shape index (κ1) is 22.0. The normalized spacial score (nSPS) is 10.8. The molecule has 4 aromatic rings. The number of carbonyl (C=O) groups excluding carboxylic acids is 1. The van der Waals surface area contributed by atoms with Gasteiger partial charge in [0.1, 0.15) is 11.3 Å². The van der Waals surface area contributed by atoms with Gasteiger partial charge in [0.25, 0.3) is 5.91 Å². The highest BCUT2D eigenvalue weighted by molar-refractivity contribution is 14.1. The van der Waals surface area contributed by atoms with E-state index >= 15 is 0 Å². The van der Waals surface area contributed by atoms with Gasteiger partial charge < -0.3 is 14.8 Å². The molecule has 0 saturated carbocycles. The lowest BCUT2D eigenvalue weighted by Gasteiger charge is -2.10. The average molecular weight is 629 g/mol. The van der Waals surface area contributed by atoms with Gasteiger partial charge in [-0.15, -0.1) is 0 Å². The topological polar surface area (TPSA) is 87.4 Å². The van der Waals surface area contributed by atoms with Gasteiger partial charge in [-0.05, 0) is 105 Å². The smallest absolute Gasteiger partial charge is 0.258 e. The predicted molar refractivity (Wildman–Crippen MR) is 137 cm³/mol. The molecule has 1 amide bonds. The van der Waals surface area contributed by atoms with Crippen LogP contribution < -0.4 is 10.6 Å². The summed E-state index contributed by atoms with van der Waals surface area (Å²) in [7, 11) is 0. The number of thiocarbonyl (C=S) groups is 1. The number of halogens is 3. The van der Waals surface area contributed by atoms with Gasteiger partial charge in [0.15, 0.2) is 10.7 Å². The fourth-order valence-corrected chi connectivity index (χ4v) is 4.06. The summed E-state index contributed by atoms with van der Waals surface area (Å²) in [6.07, 6.45) is 0. The highest BCUT2D eigenvalue weighted by atomic mass is 127. The van der Waals surface area contributed by atoms with E-state index in [1.807, 2.05) is 6.07 Å². The van der Waals surface area contributed by atoms with E-state index < -0.39 is 5.91 Å². The number of phenols is 1. The maximum atomic E-state index is 12.5. The summed E-state index contributed by atoms with van der Waals surface area (Å²) in [6, 6.07) is 15.4. The lowest BCUT2D eigenvalue weighted by molar-refractivity contribution is 0.0978. The standard InChI is InChI=1S/C21H12BrClIN3O3S/c22-14-7-10(1-5-17(14)28)20-26-16-9-12(3-6-18(16)30-20)25-21(31)27-19(29)13-8-11(24)2-4-15(13)23/h1-9,28H,(H2,25,27,29,31). The Balaban J connectivity index is 1.50. The van der Waals surface area contributed by atoms with Gasteiger partial charge in [0, 0.05) is 14.8 Å². The van der Waals surface area contributed by atoms with E-state index in [4.69, 9.17) is 28.2 Å². The Kier molecular flexibility index (Phi) is 6.47. The zero-order valence-electron chi connectivity index (χ0n) is 15.4. The summed E-state index contributed by atoms with van der Waals surface area (Å²) in [4.78, 5) is 17.0. The summed E-state index contributed by atoms with van der Waals surface area (Å²) >= 11 is 16.8. The van der Waals surface area contributed by atoms with Crippen LogP contribution in [0.2, 0.25) is 5.02 Å². The largest absolute Gasteiger partial charge is 0.507 e. The van der Waals surface area contributed by atoms with Crippen LogP contribution in [0.5, 0.6) is 5.75 Å². The number of nitrogens with zero attached hydrogens (tertiary/aromatic N) is 1. The van der Waals surface area contributed by atoms with Crippen LogP contribution in [-0.2, 0) is 0 Å².